The number of amides is 1. The quantitative estimate of drug-likeness (QED) is 0.634. The van der Waals surface area contributed by atoms with Gasteiger partial charge in [0.05, 0.1) is 20.3 Å². The van der Waals surface area contributed by atoms with Crippen molar-refractivity contribution >= 4 is 11.9 Å². The fraction of sp³-hybridized carbons (Fsp3) is 0.556. The molecule has 0 aliphatic carbocycles. The van der Waals surface area contributed by atoms with E-state index < -0.39 is 12.0 Å². The Labute approximate surface area is 143 Å². The molecule has 0 bridgehead atoms. The van der Waals surface area contributed by atoms with E-state index in [0.29, 0.717) is 18.9 Å². The summed E-state index contributed by atoms with van der Waals surface area (Å²) >= 11 is 0. The first-order chi connectivity index (χ1) is 11.4. The van der Waals surface area contributed by atoms with Gasteiger partial charge < -0.3 is 20.5 Å². The zero-order chi connectivity index (χ0) is 17.9. The highest BCUT2D eigenvalue weighted by molar-refractivity contribution is 5.84. The van der Waals surface area contributed by atoms with E-state index in [2.05, 4.69) is 5.32 Å². The van der Waals surface area contributed by atoms with Crippen LogP contribution in [0, 0.1) is 5.92 Å². The van der Waals surface area contributed by atoms with Crippen LogP contribution >= 0.6 is 0 Å². The number of carbonyl (C=O) groups excluding carboxylic acids is 2. The van der Waals surface area contributed by atoms with Gasteiger partial charge in [-0.3, -0.25) is 4.79 Å². The number of carbonyl (C=O) groups is 2. The Morgan fingerprint density at radius 1 is 1.21 bits per heavy atom. The summed E-state index contributed by atoms with van der Waals surface area (Å²) in [4.78, 5) is 23.8. The van der Waals surface area contributed by atoms with Gasteiger partial charge in [0.25, 0.3) is 0 Å². The van der Waals surface area contributed by atoms with E-state index in [-0.39, 0.29) is 25.0 Å². The zero-order valence-corrected chi connectivity index (χ0v) is 14.7. The highest BCUT2D eigenvalue weighted by Crippen LogP contribution is 2.06. The lowest BCUT2D eigenvalue weighted by molar-refractivity contribution is -0.147. The van der Waals surface area contributed by atoms with Gasteiger partial charge in [0.2, 0.25) is 5.91 Å². The standard InChI is InChI=1S/C18H28N2O4/c1-13(2)15(19)9-10-17(21)20-16(18(22)23-3)12-24-11-14-7-5-4-6-8-14/h4-8,13,15-16H,9-12,19H2,1-3H3,(H,20,21)/t15?,16-/m0/s1. The summed E-state index contributed by atoms with van der Waals surface area (Å²) < 4.78 is 10.3. The van der Waals surface area contributed by atoms with Crippen LogP contribution in [0.15, 0.2) is 30.3 Å². The summed E-state index contributed by atoms with van der Waals surface area (Å²) in [5.41, 5.74) is 6.93. The van der Waals surface area contributed by atoms with E-state index >= 15 is 0 Å². The third-order valence-corrected chi connectivity index (χ3v) is 3.78. The molecule has 1 aromatic carbocycles. The van der Waals surface area contributed by atoms with Gasteiger partial charge in [0, 0.05) is 12.5 Å². The van der Waals surface area contributed by atoms with Crippen molar-refractivity contribution in [2.45, 2.75) is 45.4 Å². The lowest BCUT2D eigenvalue weighted by atomic mass is 10.0. The molecule has 134 valence electrons. The van der Waals surface area contributed by atoms with Crippen molar-refractivity contribution in [3.63, 3.8) is 0 Å². The second-order valence-electron chi connectivity index (χ2n) is 6.09. The van der Waals surface area contributed by atoms with E-state index in [1.807, 2.05) is 44.2 Å². The molecule has 1 unspecified atom stereocenters. The maximum Gasteiger partial charge on any atom is 0.330 e. The van der Waals surface area contributed by atoms with E-state index in [4.69, 9.17) is 15.2 Å². The van der Waals surface area contributed by atoms with Crippen molar-refractivity contribution in [1.29, 1.82) is 0 Å². The van der Waals surface area contributed by atoms with Crippen LogP contribution < -0.4 is 11.1 Å². The summed E-state index contributed by atoms with van der Waals surface area (Å²) in [5.74, 6) is -0.446. The lowest BCUT2D eigenvalue weighted by Crippen LogP contribution is -2.45. The maximum absolute atomic E-state index is 12.0. The summed E-state index contributed by atoms with van der Waals surface area (Å²) in [7, 11) is 1.29. The normalized spacial score (nSPS) is 13.4. The molecule has 0 aliphatic rings. The van der Waals surface area contributed by atoms with Gasteiger partial charge >= 0.3 is 5.97 Å². The summed E-state index contributed by atoms with van der Waals surface area (Å²) in [6, 6.07) is 8.75. The average molecular weight is 336 g/mol. The van der Waals surface area contributed by atoms with Crippen LogP contribution in [0.5, 0.6) is 0 Å². The molecule has 6 nitrogen and oxygen atoms in total. The molecule has 0 spiro atoms. The monoisotopic (exact) mass is 336 g/mol. The third-order valence-electron chi connectivity index (χ3n) is 3.78. The van der Waals surface area contributed by atoms with Gasteiger partial charge in [-0.15, -0.1) is 0 Å². The maximum atomic E-state index is 12.0. The predicted molar refractivity (Wildman–Crippen MR) is 92.1 cm³/mol. The van der Waals surface area contributed by atoms with Crippen molar-refractivity contribution in [1.82, 2.24) is 5.32 Å². The van der Waals surface area contributed by atoms with E-state index in [0.717, 1.165) is 5.56 Å². The molecule has 6 heteroatoms. The van der Waals surface area contributed by atoms with Crippen molar-refractivity contribution in [2.24, 2.45) is 11.7 Å². The molecule has 1 amide bonds. The van der Waals surface area contributed by atoms with Gasteiger partial charge in [-0.05, 0) is 17.9 Å². The highest BCUT2D eigenvalue weighted by Gasteiger charge is 2.22. The molecule has 0 radical (unpaired) electrons. The van der Waals surface area contributed by atoms with Gasteiger partial charge in [0.15, 0.2) is 6.04 Å². The van der Waals surface area contributed by atoms with Crippen LogP contribution in [0.3, 0.4) is 0 Å². The molecule has 1 aromatic rings. The molecule has 0 fully saturated rings. The number of hydrogen-bond acceptors (Lipinski definition) is 5. The Balaban J connectivity index is 2.44. The molecular weight excluding hydrogens is 308 g/mol. The number of ether oxygens (including phenoxy) is 2. The van der Waals surface area contributed by atoms with Crippen LogP contribution in [-0.4, -0.2) is 37.7 Å². The van der Waals surface area contributed by atoms with Gasteiger partial charge in [0.1, 0.15) is 0 Å². The number of methoxy groups -OCH3 is 1. The summed E-state index contributed by atoms with van der Waals surface area (Å²) in [6.07, 6.45) is 0.841. The van der Waals surface area contributed by atoms with Crippen LogP contribution in [0.25, 0.3) is 0 Å². The molecule has 3 N–H and O–H groups in total. The number of hydrogen-bond donors (Lipinski definition) is 2. The molecule has 0 heterocycles. The predicted octanol–water partition coefficient (Wildman–Crippen LogP) is 1.62. The van der Waals surface area contributed by atoms with Crippen molar-refractivity contribution in [3.8, 4) is 0 Å². The minimum absolute atomic E-state index is 0.0401. The topological polar surface area (TPSA) is 90.6 Å². The summed E-state index contributed by atoms with van der Waals surface area (Å²) in [5, 5.41) is 2.65. The fourth-order valence-corrected chi connectivity index (χ4v) is 2.08. The Hall–Kier alpha value is -1.92. The van der Waals surface area contributed by atoms with E-state index in [9.17, 15) is 9.59 Å². The first-order valence-corrected chi connectivity index (χ1v) is 8.18. The first-order valence-electron chi connectivity index (χ1n) is 8.18. The Bertz CT molecular complexity index is 505. The molecule has 1 rings (SSSR count). The second-order valence-corrected chi connectivity index (χ2v) is 6.09. The Kier molecular flexibility index (Phi) is 9.04. The Morgan fingerprint density at radius 2 is 1.88 bits per heavy atom. The Morgan fingerprint density at radius 3 is 2.46 bits per heavy atom. The minimum atomic E-state index is -0.818. The number of nitrogens with two attached hydrogens (primary N) is 1. The SMILES string of the molecule is COC(=O)[C@H](COCc1ccccc1)NC(=O)CCC(N)C(C)C. The van der Waals surface area contributed by atoms with E-state index in [1.54, 1.807) is 0 Å². The smallest absolute Gasteiger partial charge is 0.330 e. The molecule has 0 aromatic heterocycles. The van der Waals surface area contributed by atoms with Crippen LogP contribution in [0.4, 0.5) is 0 Å². The number of nitrogens with one attached hydrogen (secondary N) is 1. The zero-order valence-electron chi connectivity index (χ0n) is 14.7. The molecule has 2 atom stereocenters. The number of esters is 1. The molecular formula is C18H28N2O4. The average Bonchev–Trinajstić information content (AvgIpc) is 2.58. The fourth-order valence-electron chi connectivity index (χ4n) is 2.08. The van der Waals surface area contributed by atoms with Crippen LogP contribution in [0.1, 0.15) is 32.3 Å². The van der Waals surface area contributed by atoms with Crippen molar-refractivity contribution in [3.05, 3.63) is 35.9 Å². The van der Waals surface area contributed by atoms with Crippen LogP contribution in [0.2, 0.25) is 0 Å². The largest absolute Gasteiger partial charge is 0.467 e. The van der Waals surface area contributed by atoms with Gasteiger partial charge in [-0.2, -0.15) is 0 Å². The van der Waals surface area contributed by atoms with Gasteiger partial charge in [-0.25, -0.2) is 4.79 Å². The van der Waals surface area contributed by atoms with Gasteiger partial charge in [-0.1, -0.05) is 44.2 Å². The second kappa shape index (κ2) is 10.8. The summed E-state index contributed by atoms with van der Waals surface area (Å²) in [6.45, 7) is 4.44. The third kappa shape index (κ3) is 7.57. The molecule has 0 saturated heterocycles. The first kappa shape index (κ1) is 20.1. The number of rotatable bonds is 10. The van der Waals surface area contributed by atoms with E-state index in [1.165, 1.54) is 7.11 Å². The number of benzene rings is 1. The molecule has 0 aliphatic heterocycles. The van der Waals surface area contributed by atoms with Crippen molar-refractivity contribution < 1.29 is 19.1 Å². The van der Waals surface area contributed by atoms with Crippen LogP contribution in [-0.2, 0) is 25.7 Å². The minimum Gasteiger partial charge on any atom is -0.467 e. The molecule has 24 heavy (non-hydrogen) atoms. The lowest BCUT2D eigenvalue weighted by Gasteiger charge is -2.18. The highest BCUT2D eigenvalue weighted by atomic mass is 16.5. The molecule has 0 saturated carbocycles. The van der Waals surface area contributed by atoms with Crippen molar-refractivity contribution in [2.75, 3.05) is 13.7 Å².